The summed E-state index contributed by atoms with van der Waals surface area (Å²) in [6.07, 6.45) is -0.830. The second kappa shape index (κ2) is 16.0. The Morgan fingerprint density at radius 3 is 2.36 bits per heavy atom. The van der Waals surface area contributed by atoms with E-state index in [1.54, 1.807) is 18.9 Å². The van der Waals surface area contributed by atoms with Crippen LogP contribution in [-0.4, -0.2) is 89.9 Å². The number of nitrogens with zero attached hydrogens (tertiary/aromatic N) is 2. The van der Waals surface area contributed by atoms with Gasteiger partial charge in [-0.25, -0.2) is 4.79 Å². The molecule has 1 fully saturated rings. The van der Waals surface area contributed by atoms with Gasteiger partial charge in [-0.2, -0.15) is 0 Å². The number of carbonyl (C=O) groups excluding carboxylic acids is 2. The molecule has 0 spiro atoms. The maximum absolute atomic E-state index is 15.3. The van der Waals surface area contributed by atoms with Crippen molar-refractivity contribution in [3.63, 3.8) is 0 Å². The first-order chi connectivity index (χ1) is 26.3. The summed E-state index contributed by atoms with van der Waals surface area (Å²) in [6, 6.07) is 8.87. The van der Waals surface area contributed by atoms with Crippen LogP contribution in [0.1, 0.15) is 66.2 Å². The Hall–Kier alpha value is -3.59. The van der Waals surface area contributed by atoms with Crippen LogP contribution in [0.5, 0.6) is 28.7 Å². The summed E-state index contributed by atoms with van der Waals surface area (Å²) >= 11 is 18.2. The monoisotopic (exact) mass is 850 g/mol. The molecule has 6 rings (SSSR count). The number of alkyl halides is 3. The molecule has 4 atom stereocenters. The van der Waals surface area contributed by atoms with E-state index in [0.29, 0.717) is 39.7 Å². The lowest BCUT2D eigenvalue weighted by Crippen LogP contribution is -2.69. The van der Waals surface area contributed by atoms with Gasteiger partial charge in [-0.1, -0.05) is 92.0 Å². The molecule has 1 unspecified atom stereocenters. The highest BCUT2D eigenvalue weighted by Gasteiger charge is 2.57. The molecule has 56 heavy (non-hydrogen) atoms. The number of hydrogen-bond donors (Lipinski definition) is 2. The number of methoxy groups -OCH3 is 1. The van der Waals surface area contributed by atoms with E-state index in [2.05, 4.69) is 33.9 Å². The average Bonchev–Trinajstić information content (AvgIpc) is 3.63. The number of ether oxygens (including phenoxy) is 5. The lowest BCUT2D eigenvalue weighted by Gasteiger charge is -2.56. The molecule has 3 heterocycles. The molecule has 0 saturated carbocycles. The molecular formula is C40H49Cl3N2O10Si. The van der Waals surface area contributed by atoms with Crippen LogP contribution in [0.4, 0.5) is 4.79 Å². The average molecular weight is 852 g/mol. The van der Waals surface area contributed by atoms with Crippen molar-refractivity contribution in [2.45, 2.75) is 93.7 Å². The van der Waals surface area contributed by atoms with Crippen molar-refractivity contribution in [3.8, 4) is 28.7 Å². The lowest BCUT2D eigenvalue weighted by atomic mass is 9.78. The highest BCUT2D eigenvalue weighted by atomic mass is 35.6. The Balaban J connectivity index is 1.60. The van der Waals surface area contributed by atoms with E-state index < -0.39 is 61.5 Å². The number of halogens is 3. The quantitative estimate of drug-likeness (QED) is 0.144. The molecule has 2 bridgehead atoms. The first kappa shape index (κ1) is 42.0. The van der Waals surface area contributed by atoms with Gasteiger partial charge >= 0.3 is 6.09 Å². The minimum absolute atomic E-state index is 0.0569. The van der Waals surface area contributed by atoms with Crippen molar-refractivity contribution in [2.75, 3.05) is 33.7 Å². The van der Waals surface area contributed by atoms with Gasteiger partial charge in [-0.05, 0) is 54.7 Å². The van der Waals surface area contributed by atoms with Gasteiger partial charge in [0.15, 0.2) is 31.3 Å². The summed E-state index contributed by atoms with van der Waals surface area (Å²) in [7, 11) is -1.00. The summed E-state index contributed by atoms with van der Waals surface area (Å²) in [4.78, 5) is 32.6. The van der Waals surface area contributed by atoms with E-state index >= 15 is 4.79 Å². The Bertz CT molecular complexity index is 1970. The minimum Gasteiger partial charge on any atom is -0.508 e. The normalized spacial score (nSPS) is 19.8. The van der Waals surface area contributed by atoms with Crippen LogP contribution < -0.4 is 18.9 Å². The Labute approximate surface area is 343 Å². The van der Waals surface area contributed by atoms with Crippen molar-refractivity contribution in [1.82, 2.24) is 9.80 Å². The van der Waals surface area contributed by atoms with E-state index in [4.69, 9.17) is 62.9 Å². The number of aliphatic hydroxyl groups is 1. The van der Waals surface area contributed by atoms with E-state index in [1.165, 1.54) is 11.0 Å². The third-order valence-corrected chi connectivity index (χ3v) is 16.2. The first-order valence-corrected chi connectivity index (χ1v) is 22.4. The third kappa shape index (κ3) is 7.95. The Morgan fingerprint density at radius 1 is 1.05 bits per heavy atom. The predicted octanol–water partition coefficient (Wildman–Crippen LogP) is 8.07. The number of phenols is 1. The van der Waals surface area contributed by atoms with Gasteiger partial charge in [-0.3, -0.25) is 9.69 Å². The van der Waals surface area contributed by atoms with Gasteiger partial charge < -0.3 is 43.2 Å². The number of aliphatic hydroxyl groups excluding tert-OH is 1. The number of phenolic OH excluding ortho intramolecular Hbond substituents is 1. The number of piperazine rings is 1. The third-order valence-electron chi connectivity index (χ3n) is 11.3. The first-order valence-electron chi connectivity index (χ1n) is 18.4. The molecule has 2 N–H and O–H groups in total. The van der Waals surface area contributed by atoms with Crippen LogP contribution in [-0.2, 0) is 27.0 Å². The summed E-state index contributed by atoms with van der Waals surface area (Å²) in [5, 5.41) is 22.1. The second-order valence-electron chi connectivity index (χ2n) is 15.9. The van der Waals surface area contributed by atoms with Gasteiger partial charge in [0, 0.05) is 23.1 Å². The van der Waals surface area contributed by atoms with Crippen molar-refractivity contribution >= 4 is 55.1 Å². The van der Waals surface area contributed by atoms with Crippen LogP contribution in [0.15, 0.2) is 42.5 Å². The smallest absolute Gasteiger partial charge is 0.411 e. The van der Waals surface area contributed by atoms with Gasteiger partial charge in [0.05, 0.1) is 38.4 Å². The van der Waals surface area contributed by atoms with Crippen LogP contribution in [0.3, 0.4) is 0 Å². The number of rotatable bonds is 11. The van der Waals surface area contributed by atoms with Crippen molar-refractivity contribution in [2.24, 2.45) is 0 Å². The highest BCUT2D eigenvalue weighted by molar-refractivity contribution is 6.74. The zero-order valence-electron chi connectivity index (χ0n) is 32.8. The Kier molecular flexibility index (Phi) is 12.0. The standard InChI is InChI=1S/C40H49Cl3N2O10Si/c1-22-14-25-15-27-37(48)44(28(17-46)26-16-30(47)23(2)34-35(26)54-21-53-34)29(19-55-56(7,8)39(3,4)5)32(45(27)38(49)52-20-40(41,42)43)31(25)36(33(22)50-6)51-18-24-12-10-9-11-13-24/h9-14,16,27-29,32,46-47H,15,17-21H2,1-8H3/t27?,28-,29-,32-/m0/s1. The fraction of sp³-hybridized carbons (Fsp3) is 0.500. The number of carbonyl (C=O) groups is 2. The number of fused-ring (bicyclic) bond motifs is 5. The molecule has 3 aliphatic heterocycles. The molecule has 16 heteroatoms. The van der Waals surface area contributed by atoms with Gasteiger partial charge in [0.1, 0.15) is 25.0 Å². The van der Waals surface area contributed by atoms with E-state index in [9.17, 15) is 15.0 Å². The molecule has 3 aromatic carbocycles. The minimum atomic E-state index is -2.55. The molecule has 1 saturated heterocycles. The summed E-state index contributed by atoms with van der Waals surface area (Å²) in [5.41, 5.74) is 3.81. The van der Waals surface area contributed by atoms with E-state index in [-0.39, 0.29) is 37.2 Å². The molecule has 12 nitrogen and oxygen atoms in total. The van der Waals surface area contributed by atoms with Crippen molar-refractivity contribution < 1.29 is 47.9 Å². The topological polar surface area (TPSA) is 136 Å². The molecule has 0 aromatic heterocycles. The van der Waals surface area contributed by atoms with Crippen LogP contribution in [0, 0.1) is 13.8 Å². The van der Waals surface area contributed by atoms with Crippen LogP contribution in [0.25, 0.3) is 0 Å². The van der Waals surface area contributed by atoms with Gasteiger partial charge in [0.25, 0.3) is 0 Å². The number of aryl methyl sites for hydroxylation is 1. The number of hydrogen-bond acceptors (Lipinski definition) is 10. The number of benzene rings is 3. The molecule has 2 amide bonds. The molecule has 0 radical (unpaired) electrons. The lowest BCUT2D eigenvalue weighted by molar-refractivity contribution is -0.159. The van der Waals surface area contributed by atoms with Crippen molar-refractivity contribution in [1.29, 1.82) is 0 Å². The SMILES string of the molecule is COc1c(C)cc2c(c1OCc1ccccc1)[C@@H]1[C@H](CO[Si](C)(C)C(C)(C)C)N([C@@H](CO)c3cc(O)c(C)c4c3OCO4)C(=O)C(C2)N1C(=O)OCC(Cl)(Cl)Cl. The second-order valence-corrected chi connectivity index (χ2v) is 23.2. The molecule has 0 aliphatic carbocycles. The molecule has 304 valence electrons. The van der Waals surface area contributed by atoms with Crippen molar-refractivity contribution in [3.05, 3.63) is 75.8 Å². The maximum atomic E-state index is 15.3. The number of amides is 2. The van der Waals surface area contributed by atoms with E-state index in [0.717, 1.165) is 16.7 Å². The fourth-order valence-electron chi connectivity index (χ4n) is 7.50. The highest BCUT2D eigenvalue weighted by Crippen LogP contribution is 2.54. The van der Waals surface area contributed by atoms with Crippen LogP contribution >= 0.6 is 34.8 Å². The predicted molar refractivity (Wildman–Crippen MR) is 215 cm³/mol. The molecule has 3 aliphatic rings. The van der Waals surface area contributed by atoms with Crippen LogP contribution in [0.2, 0.25) is 18.1 Å². The molecule has 3 aromatic rings. The molecular weight excluding hydrogens is 803 g/mol. The maximum Gasteiger partial charge on any atom is 0.411 e. The number of aromatic hydroxyl groups is 1. The zero-order valence-corrected chi connectivity index (χ0v) is 36.1. The summed E-state index contributed by atoms with van der Waals surface area (Å²) < 4.78 is 34.9. The summed E-state index contributed by atoms with van der Waals surface area (Å²) in [6.45, 7) is 12.9. The van der Waals surface area contributed by atoms with Gasteiger partial charge in [0.2, 0.25) is 16.5 Å². The van der Waals surface area contributed by atoms with Gasteiger partial charge in [-0.15, -0.1) is 0 Å². The summed E-state index contributed by atoms with van der Waals surface area (Å²) in [5.74, 6) is 0.860. The Morgan fingerprint density at radius 2 is 1.73 bits per heavy atom. The largest absolute Gasteiger partial charge is 0.508 e. The van der Waals surface area contributed by atoms with E-state index in [1.807, 2.05) is 43.3 Å². The zero-order chi connectivity index (χ0) is 40.9. The fourth-order valence-corrected chi connectivity index (χ4v) is 8.68.